The third-order valence-electron chi connectivity index (χ3n) is 8.81. The van der Waals surface area contributed by atoms with Crippen LogP contribution in [0, 0.1) is 22.7 Å². The van der Waals surface area contributed by atoms with Crippen LogP contribution in [0.3, 0.4) is 0 Å². The molecule has 0 N–H and O–H groups in total. The summed E-state index contributed by atoms with van der Waals surface area (Å²) in [4.78, 5) is 9.64. The highest BCUT2D eigenvalue weighted by Gasteiger charge is 2.52. The first kappa shape index (κ1) is 23.5. The number of para-hydroxylation sites is 2. The first-order valence-electron chi connectivity index (χ1n) is 13.9. The van der Waals surface area contributed by atoms with Crippen LogP contribution >= 0.6 is 0 Å². The SMILES string of the molecule is N#Cc1ccc2c(c1)c1cc(C#N)ccc1n2-c1cccc2c1Oc1ccccc1C21c2cccnc2-c2ncccc21. The number of aromatic nitrogens is 3. The summed E-state index contributed by atoms with van der Waals surface area (Å²) in [6.45, 7) is 0. The molecule has 0 bridgehead atoms. The summed E-state index contributed by atoms with van der Waals surface area (Å²) < 4.78 is 9.05. The second-order valence-corrected chi connectivity index (χ2v) is 10.8. The molecule has 0 saturated heterocycles. The van der Waals surface area contributed by atoms with E-state index >= 15 is 0 Å². The Labute approximate surface area is 246 Å². The molecule has 43 heavy (non-hydrogen) atoms. The number of hydrogen-bond acceptors (Lipinski definition) is 5. The van der Waals surface area contributed by atoms with Gasteiger partial charge in [-0.15, -0.1) is 0 Å². The van der Waals surface area contributed by atoms with E-state index in [2.05, 4.69) is 59.2 Å². The maximum atomic E-state index is 9.68. The van der Waals surface area contributed by atoms with Crippen LogP contribution in [0.4, 0.5) is 0 Å². The Balaban J connectivity index is 1.44. The summed E-state index contributed by atoms with van der Waals surface area (Å²) in [5.74, 6) is 1.51. The number of fused-ring (bicyclic) bond motifs is 12. The molecule has 7 aromatic rings. The summed E-state index contributed by atoms with van der Waals surface area (Å²) in [6.07, 6.45) is 3.64. The van der Waals surface area contributed by atoms with E-state index in [1.807, 2.05) is 73.1 Å². The number of nitriles is 2. The Bertz CT molecular complexity index is 2310. The average Bonchev–Trinajstić information content (AvgIpc) is 3.55. The minimum Gasteiger partial charge on any atom is -0.454 e. The normalized spacial score (nSPS) is 13.4. The molecule has 3 aromatic heterocycles. The van der Waals surface area contributed by atoms with Gasteiger partial charge in [0.25, 0.3) is 0 Å². The lowest BCUT2D eigenvalue weighted by Gasteiger charge is -2.39. The zero-order valence-corrected chi connectivity index (χ0v) is 22.6. The van der Waals surface area contributed by atoms with Crippen LogP contribution in [0.1, 0.15) is 33.4 Å². The Morgan fingerprint density at radius 2 is 1.19 bits per heavy atom. The lowest BCUT2D eigenvalue weighted by Crippen LogP contribution is -2.32. The van der Waals surface area contributed by atoms with Gasteiger partial charge in [-0.05, 0) is 71.8 Å². The highest BCUT2D eigenvalue weighted by atomic mass is 16.5. The van der Waals surface area contributed by atoms with Crippen LogP contribution in [0.5, 0.6) is 11.5 Å². The molecule has 0 atom stereocenters. The molecule has 1 aliphatic carbocycles. The molecule has 9 rings (SSSR count). The molecule has 198 valence electrons. The van der Waals surface area contributed by atoms with Gasteiger partial charge in [-0.25, -0.2) is 0 Å². The lowest BCUT2D eigenvalue weighted by molar-refractivity contribution is 0.434. The van der Waals surface area contributed by atoms with Crippen molar-refractivity contribution in [3.05, 3.63) is 149 Å². The van der Waals surface area contributed by atoms with E-state index in [0.29, 0.717) is 11.1 Å². The zero-order chi connectivity index (χ0) is 28.7. The Kier molecular flexibility index (Phi) is 4.58. The van der Waals surface area contributed by atoms with Crippen LogP contribution < -0.4 is 4.74 Å². The molecule has 0 fully saturated rings. The Hall–Kier alpha value is -6.24. The maximum Gasteiger partial charge on any atom is 0.156 e. The van der Waals surface area contributed by atoms with Gasteiger partial charge in [-0.1, -0.05) is 42.5 Å². The molecule has 1 spiro atoms. The van der Waals surface area contributed by atoms with Crippen molar-refractivity contribution >= 4 is 21.8 Å². The number of rotatable bonds is 1. The fraction of sp³-hybridized carbons (Fsp3) is 0.0270. The van der Waals surface area contributed by atoms with Gasteiger partial charge in [0.1, 0.15) is 5.75 Å². The number of benzene rings is 4. The van der Waals surface area contributed by atoms with Crippen molar-refractivity contribution in [1.29, 1.82) is 10.5 Å². The van der Waals surface area contributed by atoms with Crippen molar-refractivity contribution in [2.75, 3.05) is 0 Å². The highest BCUT2D eigenvalue weighted by molar-refractivity contribution is 6.10. The standard InChI is InChI=1S/C37H19N5O/c38-20-22-12-14-30-24(18-22)25-19-23(21-39)13-15-31(25)42(30)32-10-3-7-29-36(32)43-33-11-2-1-6-26(33)37(29)27-8-4-16-40-34(27)35-28(37)9-5-17-41-35/h1-19H. The van der Waals surface area contributed by atoms with Gasteiger partial charge in [0.05, 0.1) is 56.8 Å². The molecule has 0 amide bonds. The van der Waals surface area contributed by atoms with Crippen molar-refractivity contribution in [3.63, 3.8) is 0 Å². The molecule has 1 aliphatic heterocycles. The van der Waals surface area contributed by atoms with E-state index in [4.69, 9.17) is 14.7 Å². The second kappa shape index (κ2) is 8.39. The van der Waals surface area contributed by atoms with Gasteiger partial charge >= 0.3 is 0 Å². The van der Waals surface area contributed by atoms with E-state index in [9.17, 15) is 10.5 Å². The number of nitrogens with zero attached hydrogens (tertiary/aromatic N) is 5. The van der Waals surface area contributed by atoms with E-state index in [1.165, 1.54) is 0 Å². The molecule has 4 aromatic carbocycles. The minimum atomic E-state index is -0.686. The third kappa shape index (κ3) is 2.89. The molecular weight excluding hydrogens is 530 g/mol. The summed E-state index contributed by atoms with van der Waals surface area (Å²) in [7, 11) is 0. The summed E-state index contributed by atoms with van der Waals surface area (Å²) in [6, 6.07) is 38.7. The lowest BCUT2D eigenvalue weighted by atomic mass is 9.66. The van der Waals surface area contributed by atoms with E-state index in [1.54, 1.807) is 0 Å². The van der Waals surface area contributed by atoms with Crippen LogP contribution in [-0.2, 0) is 5.41 Å². The molecule has 6 heteroatoms. The van der Waals surface area contributed by atoms with Gasteiger partial charge < -0.3 is 9.30 Å². The van der Waals surface area contributed by atoms with E-state index in [0.717, 1.165) is 72.6 Å². The quantitative estimate of drug-likeness (QED) is 0.209. The number of ether oxygens (including phenoxy) is 1. The second-order valence-electron chi connectivity index (χ2n) is 10.8. The number of pyridine rings is 2. The molecular formula is C37H19N5O. The summed E-state index contributed by atoms with van der Waals surface area (Å²) in [5.41, 5.74) is 9.06. The third-order valence-corrected chi connectivity index (χ3v) is 8.81. The van der Waals surface area contributed by atoms with Gasteiger partial charge in [0.2, 0.25) is 0 Å². The largest absolute Gasteiger partial charge is 0.454 e. The van der Waals surface area contributed by atoms with Crippen LogP contribution in [0.25, 0.3) is 38.9 Å². The van der Waals surface area contributed by atoms with Crippen LogP contribution in [0.2, 0.25) is 0 Å². The fourth-order valence-electron chi connectivity index (χ4n) is 7.16. The Morgan fingerprint density at radius 3 is 1.81 bits per heavy atom. The average molecular weight is 550 g/mol. The smallest absolute Gasteiger partial charge is 0.156 e. The van der Waals surface area contributed by atoms with Crippen molar-refractivity contribution in [2.24, 2.45) is 0 Å². The Morgan fingerprint density at radius 1 is 0.605 bits per heavy atom. The molecule has 2 aliphatic rings. The predicted octanol–water partition coefficient (Wildman–Crippen LogP) is 7.79. The van der Waals surface area contributed by atoms with Gasteiger partial charge in [0.15, 0.2) is 5.75 Å². The molecule has 0 saturated carbocycles. The van der Waals surface area contributed by atoms with Crippen LogP contribution in [-0.4, -0.2) is 14.5 Å². The van der Waals surface area contributed by atoms with Gasteiger partial charge in [0, 0.05) is 34.3 Å². The first-order chi connectivity index (χ1) is 21.2. The van der Waals surface area contributed by atoms with E-state index in [-0.39, 0.29) is 0 Å². The van der Waals surface area contributed by atoms with Crippen molar-refractivity contribution in [1.82, 2.24) is 14.5 Å². The molecule has 0 unspecified atom stereocenters. The van der Waals surface area contributed by atoms with Crippen LogP contribution in [0.15, 0.2) is 116 Å². The molecule has 4 heterocycles. The van der Waals surface area contributed by atoms with Crippen molar-refractivity contribution in [3.8, 4) is 40.7 Å². The zero-order valence-electron chi connectivity index (χ0n) is 22.6. The van der Waals surface area contributed by atoms with Gasteiger partial charge in [-0.2, -0.15) is 10.5 Å². The highest BCUT2D eigenvalue weighted by Crippen LogP contribution is 2.62. The maximum absolute atomic E-state index is 9.68. The topological polar surface area (TPSA) is 87.5 Å². The van der Waals surface area contributed by atoms with Crippen molar-refractivity contribution in [2.45, 2.75) is 5.41 Å². The van der Waals surface area contributed by atoms with Crippen molar-refractivity contribution < 1.29 is 4.74 Å². The molecule has 6 nitrogen and oxygen atoms in total. The predicted molar refractivity (Wildman–Crippen MR) is 163 cm³/mol. The fourth-order valence-corrected chi connectivity index (χ4v) is 7.16. The minimum absolute atomic E-state index is 0.562. The molecule has 0 radical (unpaired) electrons. The summed E-state index contributed by atoms with van der Waals surface area (Å²) in [5, 5.41) is 21.2. The van der Waals surface area contributed by atoms with E-state index < -0.39 is 5.41 Å². The van der Waals surface area contributed by atoms with Gasteiger partial charge in [-0.3, -0.25) is 9.97 Å². The first-order valence-corrected chi connectivity index (χ1v) is 13.9. The monoisotopic (exact) mass is 549 g/mol. The summed E-state index contributed by atoms with van der Waals surface area (Å²) >= 11 is 0. The number of hydrogen-bond donors (Lipinski definition) is 0.